The average molecular weight is 272 g/mol. The molecule has 0 aromatic carbocycles. The summed E-state index contributed by atoms with van der Waals surface area (Å²) in [6.45, 7) is 5.95. The number of unbranched alkanes of at least 4 members (excludes halogenated alkanes) is 3. The maximum atomic E-state index is 11.6. The van der Waals surface area contributed by atoms with Gasteiger partial charge < -0.3 is 9.47 Å². The van der Waals surface area contributed by atoms with E-state index in [1.165, 1.54) is 14.2 Å². The second kappa shape index (κ2) is 8.94. The van der Waals surface area contributed by atoms with Gasteiger partial charge >= 0.3 is 11.9 Å². The van der Waals surface area contributed by atoms with Crippen LogP contribution in [-0.4, -0.2) is 26.2 Å². The summed E-state index contributed by atoms with van der Waals surface area (Å²) in [5, 5.41) is 0. The summed E-state index contributed by atoms with van der Waals surface area (Å²) in [4.78, 5) is 22.6. The van der Waals surface area contributed by atoms with E-state index in [4.69, 9.17) is 4.74 Å². The molecule has 0 N–H and O–H groups in total. The highest BCUT2D eigenvalue weighted by Gasteiger charge is 2.34. The van der Waals surface area contributed by atoms with E-state index in [2.05, 4.69) is 11.7 Å². The molecule has 0 saturated heterocycles. The molecule has 0 bridgehead atoms. The van der Waals surface area contributed by atoms with Crippen molar-refractivity contribution in [3.63, 3.8) is 0 Å². The van der Waals surface area contributed by atoms with Gasteiger partial charge in [-0.1, -0.05) is 26.2 Å². The number of rotatable bonds is 9. The van der Waals surface area contributed by atoms with Crippen LogP contribution in [0.1, 0.15) is 59.3 Å². The normalized spacial score (nSPS) is 12.9. The van der Waals surface area contributed by atoms with Gasteiger partial charge in [0.15, 0.2) is 0 Å². The number of carbonyl (C=O) groups excluding carboxylic acids is 2. The Balaban J connectivity index is 3.77. The van der Waals surface area contributed by atoms with Gasteiger partial charge in [0.2, 0.25) is 0 Å². The first-order valence-electron chi connectivity index (χ1n) is 7.01. The smallest absolute Gasteiger partial charge is 0.311 e. The quantitative estimate of drug-likeness (QED) is 0.477. The number of hydrogen-bond donors (Lipinski definition) is 0. The lowest BCUT2D eigenvalue weighted by atomic mass is 9.77. The van der Waals surface area contributed by atoms with Crippen LogP contribution in [0, 0.1) is 11.3 Å². The zero-order valence-electron chi connectivity index (χ0n) is 13.0. The summed E-state index contributed by atoms with van der Waals surface area (Å²) < 4.78 is 9.42. The topological polar surface area (TPSA) is 52.6 Å². The maximum absolute atomic E-state index is 11.6. The van der Waals surface area contributed by atoms with Crippen molar-refractivity contribution in [2.24, 2.45) is 11.3 Å². The van der Waals surface area contributed by atoms with Gasteiger partial charge in [-0.25, -0.2) is 0 Å². The van der Waals surface area contributed by atoms with Gasteiger partial charge in [-0.05, 0) is 32.6 Å². The summed E-state index contributed by atoms with van der Waals surface area (Å²) in [5.41, 5.74) is -0.430. The molecule has 1 atom stereocenters. The Morgan fingerprint density at radius 2 is 1.58 bits per heavy atom. The lowest BCUT2D eigenvalue weighted by Gasteiger charge is -2.28. The summed E-state index contributed by atoms with van der Waals surface area (Å²) in [7, 11) is 2.85. The third-order valence-corrected chi connectivity index (χ3v) is 3.94. The van der Waals surface area contributed by atoms with E-state index in [0.29, 0.717) is 12.3 Å². The van der Waals surface area contributed by atoms with Crippen LogP contribution in [0.2, 0.25) is 0 Å². The van der Waals surface area contributed by atoms with Crippen LogP contribution in [0.25, 0.3) is 0 Å². The fraction of sp³-hybridized carbons (Fsp3) is 0.867. The van der Waals surface area contributed by atoms with E-state index in [9.17, 15) is 9.59 Å². The van der Waals surface area contributed by atoms with Gasteiger partial charge in [0, 0.05) is 6.42 Å². The van der Waals surface area contributed by atoms with Crippen LogP contribution < -0.4 is 0 Å². The van der Waals surface area contributed by atoms with Crippen LogP contribution in [0.3, 0.4) is 0 Å². The molecule has 0 radical (unpaired) electrons. The number of carbonyl (C=O) groups is 2. The highest BCUT2D eigenvalue weighted by atomic mass is 16.5. The zero-order valence-corrected chi connectivity index (χ0v) is 13.0. The van der Waals surface area contributed by atoms with Gasteiger partial charge in [-0.2, -0.15) is 0 Å². The van der Waals surface area contributed by atoms with Crippen molar-refractivity contribution in [1.29, 1.82) is 0 Å². The summed E-state index contributed by atoms with van der Waals surface area (Å²) in [6, 6.07) is 0. The number of esters is 2. The van der Waals surface area contributed by atoms with Gasteiger partial charge in [-0.15, -0.1) is 0 Å². The minimum atomic E-state index is -0.430. The van der Waals surface area contributed by atoms with E-state index in [1.807, 2.05) is 13.8 Å². The molecule has 4 nitrogen and oxygen atoms in total. The Labute approximate surface area is 116 Å². The maximum Gasteiger partial charge on any atom is 0.311 e. The molecule has 0 aliphatic heterocycles. The predicted molar refractivity (Wildman–Crippen MR) is 74.7 cm³/mol. The van der Waals surface area contributed by atoms with Crippen molar-refractivity contribution in [3.8, 4) is 0 Å². The Morgan fingerprint density at radius 3 is 2.11 bits per heavy atom. The Bertz CT molecular complexity index is 284. The minimum absolute atomic E-state index is 0.139. The molecule has 0 aliphatic carbocycles. The minimum Gasteiger partial charge on any atom is -0.469 e. The van der Waals surface area contributed by atoms with Gasteiger partial charge in [0.05, 0.1) is 19.6 Å². The lowest BCUT2D eigenvalue weighted by Crippen LogP contribution is -2.32. The fourth-order valence-corrected chi connectivity index (χ4v) is 2.00. The molecule has 0 heterocycles. The average Bonchev–Trinajstić information content (AvgIpc) is 2.40. The molecule has 4 heteroatoms. The molecule has 19 heavy (non-hydrogen) atoms. The Hall–Kier alpha value is -1.06. The monoisotopic (exact) mass is 272 g/mol. The van der Waals surface area contributed by atoms with Gasteiger partial charge in [0.1, 0.15) is 0 Å². The first-order valence-corrected chi connectivity index (χ1v) is 7.01. The molecule has 0 fully saturated rings. The number of ether oxygens (including phenoxy) is 2. The molecular formula is C15H28O4. The third-order valence-electron chi connectivity index (χ3n) is 3.94. The van der Waals surface area contributed by atoms with E-state index in [0.717, 1.165) is 32.1 Å². The van der Waals surface area contributed by atoms with E-state index < -0.39 is 5.41 Å². The first-order chi connectivity index (χ1) is 8.86. The van der Waals surface area contributed by atoms with E-state index in [-0.39, 0.29) is 11.9 Å². The van der Waals surface area contributed by atoms with Crippen molar-refractivity contribution in [1.82, 2.24) is 0 Å². The van der Waals surface area contributed by atoms with Gasteiger partial charge in [-0.3, -0.25) is 9.59 Å². The second-order valence-electron chi connectivity index (χ2n) is 5.64. The molecule has 0 aliphatic rings. The van der Waals surface area contributed by atoms with Crippen LogP contribution >= 0.6 is 0 Å². The molecule has 0 aromatic rings. The van der Waals surface area contributed by atoms with Gasteiger partial charge in [0.25, 0.3) is 0 Å². The van der Waals surface area contributed by atoms with Crippen molar-refractivity contribution >= 4 is 11.9 Å². The Kier molecular flexibility index (Phi) is 8.44. The standard InChI is InChI=1S/C15H28O4/c1-12(15(2,3)14(17)19-5)10-8-6-7-9-11-13(16)18-4/h12H,6-11H2,1-5H3. The van der Waals surface area contributed by atoms with Crippen molar-refractivity contribution in [2.75, 3.05) is 14.2 Å². The van der Waals surface area contributed by atoms with Crippen LogP contribution in [0.5, 0.6) is 0 Å². The van der Waals surface area contributed by atoms with Crippen LogP contribution in [-0.2, 0) is 19.1 Å². The Morgan fingerprint density at radius 1 is 1.00 bits per heavy atom. The van der Waals surface area contributed by atoms with Crippen molar-refractivity contribution in [3.05, 3.63) is 0 Å². The molecule has 0 spiro atoms. The highest BCUT2D eigenvalue weighted by Crippen LogP contribution is 2.31. The molecule has 0 rings (SSSR count). The third kappa shape index (κ3) is 6.60. The van der Waals surface area contributed by atoms with E-state index >= 15 is 0 Å². The van der Waals surface area contributed by atoms with E-state index in [1.54, 1.807) is 0 Å². The van der Waals surface area contributed by atoms with Crippen molar-refractivity contribution in [2.45, 2.75) is 59.3 Å². The first kappa shape index (κ1) is 17.9. The molecule has 112 valence electrons. The summed E-state index contributed by atoms with van der Waals surface area (Å²) >= 11 is 0. The lowest BCUT2D eigenvalue weighted by molar-refractivity contribution is -0.153. The summed E-state index contributed by atoms with van der Waals surface area (Å²) in [6.07, 6.45) is 5.56. The number of hydrogen-bond acceptors (Lipinski definition) is 4. The van der Waals surface area contributed by atoms with Crippen LogP contribution in [0.4, 0.5) is 0 Å². The zero-order chi connectivity index (χ0) is 14.9. The largest absolute Gasteiger partial charge is 0.469 e. The molecule has 0 aromatic heterocycles. The SMILES string of the molecule is COC(=O)CCCCCCC(C)C(C)(C)C(=O)OC. The predicted octanol–water partition coefficient (Wildman–Crippen LogP) is 3.34. The number of methoxy groups -OCH3 is 2. The molecule has 0 saturated carbocycles. The fourth-order valence-electron chi connectivity index (χ4n) is 2.00. The molecular weight excluding hydrogens is 244 g/mol. The van der Waals surface area contributed by atoms with Crippen LogP contribution in [0.15, 0.2) is 0 Å². The molecule has 1 unspecified atom stereocenters. The highest BCUT2D eigenvalue weighted by molar-refractivity contribution is 5.76. The summed E-state index contributed by atoms with van der Waals surface area (Å²) in [5.74, 6) is 0.00596. The van der Waals surface area contributed by atoms with Crippen molar-refractivity contribution < 1.29 is 19.1 Å². The molecule has 0 amide bonds. The second-order valence-corrected chi connectivity index (χ2v) is 5.64.